The molecular formula is C15H24N2O2. The van der Waals surface area contributed by atoms with E-state index in [-0.39, 0.29) is 11.9 Å². The predicted octanol–water partition coefficient (Wildman–Crippen LogP) is 2.98. The number of anilines is 1. The van der Waals surface area contributed by atoms with E-state index in [1.165, 1.54) is 0 Å². The van der Waals surface area contributed by atoms with Crippen molar-refractivity contribution in [3.8, 4) is 5.75 Å². The number of carbonyl (C=O) groups excluding carboxylic acids is 1. The number of benzene rings is 1. The van der Waals surface area contributed by atoms with Gasteiger partial charge in [-0.1, -0.05) is 25.8 Å². The van der Waals surface area contributed by atoms with Gasteiger partial charge in [0.25, 0.3) is 5.91 Å². The van der Waals surface area contributed by atoms with E-state index >= 15 is 0 Å². The van der Waals surface area contributed by atoms with Crippen LogP contribution in [0.2, 0.25) is 0 Å². The highest BCUT2D eigenvalue weighted by atomic mass is 16.5. The lowest BCUT2D eigenvalue weighted by Crippen LogP contribution is -2.32. The van der Waals surface area contributed by atoms with E-state index in [0.717, 1.165) is 19.3 Å². The summed E-state index contributed by atoms with van der Waals surface area (Å²) in [6.45, 7) is 6.51. The number of ether oxygens (including phenoxy) is 1. The summed E-state index contributed by atoms with van der Waals surface area (Å²) in [4.78, 5) is 12.2. The molecule has 1 aromatic carbocycles. The fourth-order valence-electron chi connectivity index (χ4n) is 1.92. The Morgan fingerprint density at radius 3 is 2.79 bits per heavy atom. The SMILES string of the molecule is CCCCC(C)NC(=O)c1cccc(N)c1OCC. The van der Waals surface area contributed by atoms with Crippen LogP contribution in [0.5, 0.6) is 5.75 Å². The molecule has 0 aliphatic heterocycles. The standard InChI is InChI=1S/C15H24N2O2/c1-4-6-8-11(3)17-15(18)12-9-7-10-13(16)14(12)19-5-2/h7,9-11H,4-6,8,16H2,1-3H3,(H,17,18). The lowest BCUT2D eigenvalue weighted by atomic mass is 10.1. The van der Waals surface area contributed by atoms with Crippen LogP contribution in [0, 0.1) is 0 Å². The first-order chi connectivity index (χ1) is 9.10. The number of hydrogen-bond donors (Lipinski definition) is 2. The highest BCUT2D eigenvalue weighted by Gasteiger charge is 2.16. The second-order valence-electron chi connectivity index (χ2n) is 4.67. The quantitative estimate of drug-likeness (QED) is 0.744. The van der Waals surface area contributed by atoms with Crippen LogP contribution in [0.4, 0.5) is 5.69 Å². The summed E-state index contributed by atoms with van der Waals surface area (Å²) in [5.41, 5.74) is 6.85. The van der Waals surface area contributed by atoms with Gasteiger partial charge >= 0.3 is 0 Å². The minimum atomic E-state index is -0.126. The Bertz CT molecular complexity index is 419. The Morgan fingerprint density at radius 2 is 2.16 bits per heavy atom. The number of nitrogens with one attached hydrogen (secondary N) is 1. The third-order valence-corrected chi connectivity index (χ3v) is 2.95. The Morgan fingerprint density at radius 1 is 1.42 bits per heavy atom. The average Bonchev–Trinajstić information content (AvgIpc) is 2.38. The van der Waals surface area contributed by atoms with Gasteiger partial charge in [-0.2, -0.15) is 0 Å². The van der Waals surface area contributed by atoms with Crippen molar-refractivity contribution in [3.05, 3.63) is 23.8 Å². The molecule has 0 aromatic heterocycles. The maximum atomic E-state index is 12.2. The second-order valence-corrected chi connectivity index (χ2v) is 4.67. The molecule has 3 N–H and O–H groups in total. The van der Waals surface area contributed by atoms with E-state index in [1.807, 2.05) is 13.8 Å². The van der Waals surface area contributed by atoms with Gasteiger partial charge in [0.05, 0.1) is 17.9 Å². The molecule has 4 nitrogen and oxygen atoms in total. The minimum absolute atomic E-state index is 0.126. The summed E-state index contributed by atoms with van der Waals surface area (Å²) in [6, 6.07) is 5.40. The molecule has 106 valence electrons. The Hall–Kier alpha value is -1.71. The molecule has 0 heterocycles. The highest BCUT2D eigenvalue weighted by molar-refractivity contribution is 5.98. The zero-order chi connectivity index (χ0) is 14.3. The lowest BCUT2D eigenvalue weighted by molar-refractivity contribution is 0.0934. The molecular weight excluding hydrogens is 240 g/mol. The van der Waals surface area contributed by atoms with Gasteiger partial charge in [-0.3, -0.25) is 4.79 Å². The van der Waals surface area contributed by atoms with E-state index in [2.05, 4.69) is 12.2 Å². The number of unbranched alkanes of at least 4 members (excludes halogenated alkanes) is 1. The first-order valence-corrected chi connectivity index (χ1v) is 6.92. The third kappa shape index (κ3) is 4.47. The Labute approximate surface area is 115 Å². The summed E-state index contributed by atoms with van der Waals surface area (Å²) in [6.07, 6.45) is 3.22. The molecule has 0 saturated carbocycles. The number of rotatable bonds is 7. The molecule has 0 bridgehead atoms. The molecule has 1 rings (SSSR count). The zero-order valence-electron chi connectivity index (χ0n) is 12.0. The van der Waals surface area contributed by atoms with Gasteiger partial charge in [0.15, 0.2) is 5.75 Å². The van der Waals surface area contributed by atoms with Crippen LogP contribution in [-0.2, 0) is 0 Å². The third-order valence-electron chi connectivity index (χ3n) is 2.95. The van der Waals surface area contributed by atoms with E-state index in [0.29, 0.717) is 23.6 Å². The number of nitrogens with two attached hydrogens (primary N) is 1. The molecule has 1 amide bonds. The summed E-state index contributed by atoms with van der Waals surface area (Å²) in [5, 5.41) is 2.98. The maximum Gasteiger partial charge on any atom is 0.255 e. The van der Waals surface area contributed by atoms with Gasteiger partial charge < -0.3 is 15.8 Å². The van der Waals surface area contributed by atoms with Gasteiger partial charge in [0.2, 0.25) is 0 Å². The molecule has 0 saturated heterocycles. The molecule has 4 heteroatoms. The normalized spacial score (nSPS) is 11.9. The molecule has 0 radical (unpaired) electrons. The van der Waals surface area contributed by atoms with Crippen molar-refractivity contribution in [2.45, 2.75) is 46.1 Å². The molecule has 19 heavy (non-hydrogen) atoms. The molecule has 0 aliphatic carbocycles. The number of para-hydroxylation sites is 1. The summed E-state index contributed by atoms with van der Waals surface area (Å²) in [7, 11) is 0. The van der Waals surface area contributed by atoms with E-state index in [1.54, 1.807) is 18.2 Å². The van der Waals surface area contributed by atoms with Gasteiger partial charge in [0, 0.05) is 6.04 Å². The Balaban J connectivity index is 2.78. The number of nitrogen functional groups attached to an aromatic ring is 1. The van der Waals surface area contributed by atoms with Crippen molar-refractivity contribution >= 4 is 11.6 Å². The van der Waals surface area contributed by atoms with Crippen molar-refractivity contribution in [2.24, 2.45) is 0 Å². The Kier molecular flexibility index (Phi) is 6.19. The first-order valence-electron chi connectivity index (χ1n) is 6.92. The smallest absolute Gasteiger partial charge is 0.255 e. The van der Waals surface area contributed by atoms with Crippen molar-refractivity contribution in [1.29, 1.82) is 0 Å². The first kappa shape index (κ1) is 15.3. The zero-order valence-corrected chi connectivity index (χ0v) is 12.0. The van der Waals surface area contributed by atoms with E-state index < -0.39 is 0 Å². The van der Waals surface area contributed by atoms with Crippen LogP contribution in [0.25, 0.3) is 0 Å². The highest BCUT2D eigenvalue weighted by Crippen LogP contribution is 2.26. The maximum absolute atomic E-state index is 12.2. The van der Waals surface area contributed by atoms with Gasteiger partial charge in [0.1, 0.15) is 0 Å². The monoisotopic (exact) mass is 264 g/mol. The molecule has 0 fully saturated rings. The second kappa shape index (κ2) is 7.67. The van der Waals surface area contributed by atoms with Crippen LogP contribution in [0.15, 0.2) is 18.2 Å². The number of amides is 1. The van der Waals surface area contributed by atoms with Crippen LogP contribution < -0.4 is 15.8 Å². The topological polar surface area (TPSA) is 64.4 Å². The molecule has 0 spiro atoms. The van der Waals surface area contributed by atoms with Crippen molar-refractivity contribution in [3.63, 3.8) is 0 Å². The summed E-state index contributed by atoms with van der Waals surface area (Å²) in [5.74, 6) is 0.351. The number of hydrogen-bond acceptors (Lipinski definition) is 3. The van der Waals surface area contributed by atoms with Crippen LogP contribution in [-0.4, -0.2) is 18.6 Å². The average molecular weight is 264 g/mol. The predicted molar refractivity (Wildman–Crippen MR) is 78.5 cm³/mol. The van der Waals surface area contributed by atoms with Gasteiger partial charge in [-0.15, -0.1) is 0 Å². The number of carbonyl (C=O) groups is 1. The van der Waals surface area contributed by atoms with E-state index in [9.17, 15) is 4.79 Å². The van der Waals surface area contributed by atoms with E-state index in [4.69, 9.17) is 10.5 Å². The fraction of sp³-hybridized carbons (Fsp3) is 0.533. The van der Waals surface area contributed by atoms with Crippen LogP contribution in [0.3, 0.4) is 0 Å². The van der Waals surface area contributed by atoms with Crippen molar-refractivity contribution in [1.82, 2.24) is 5.32 Å². The largest absolute Gasteiger partial charge is 0.491 e. The van der Waals surface area contributed by atoms with Gasteiger partial charge in [-0.05, 0) is 32.4 Å². The molecule has 1 aromatic rings. The van der Waals surface area contributed by atoms with Gasteiger partial charge in [-0.25, -0.2) is 0 Å². The minimum Gasteiger partial charge on any atom is -0.491 e. The van der Waals surface area contributed by atoms with Crippen molar-refractivity contribution < 1.29 is 9.53 Å². The summed E-state index contributed by atoms with van der Waals surface area (Å²) >= 11 is 0. The van der Waals surface area contributed by atoms with Crippen LogP contribution in [0.1, 0.15) is 50.4 Å². The molecule has 1 unspecified atom stereocenters. The lowest BCUT2D eigenvalue weighted by Gasteiger charge is -2.16. The summed E-state index contributed by atoms with van der Waals surface area (Å²) < 4.78 is 5.47. The van der Waals surface area contributed by atoms with Crippen LogP contribution >= 0.6 is 0 Å². The molecule has 1 atom stereocenters. The fourth-order valence-corrected chi connectivity index (χ4v) is 1.92. The molecule has 0 aliphatic rings. The van der Waals surface area contributed by atoms with Crippen molar-refractivity contribution in [2.75, 3.05) is 12.3 Å².